The van der Waals surface area contributed by atoms with E-state index in [2.05, 4.69) is 18.3 Å². The zero-order valence-corrected chi connectivity index (χ0v) is 11.2. The fourth-order valence-electron chi connectivity index (χ4n) is 2.25. The maximum absolute atomic E-state index is 5.95. The van der Waals surface area contributed by atoms with Crippen LogP contribution in [0.2, 0.25) is 0 Å². The summed E-state index contributed by atoms with van der Waals surface area (Å²) in [7, 11) is 0. The lowest BCUT2D eigenvalue weighted by Crippen LogP contribution is -2.17. The average molecular weight is 253 g/mol. The minimum atomic E-state index is 0.514. The van der Waals surface area contributed by atoms with Crippen LogP contribution in [0, 0.1) is 5.92 Å². The van der Waals surface area contributed by atoms with Crippen molar-refractivity contribution in [2.75, 3.05) is 5.32 Å². The third kappa shape index (κ3) is 3.08. The van der Waals surface area contributed by atoms with E-state index in [4.69, 9.17) is 4.74 Å². The molecular weight excluding hydrogens is 234 g/mol. The molecule has 1 N–H and O–H groups in total. The van der Waals surface area contributed by atoms with Gasteiger partial charge < -0.3 is 10.1 Å². The molecule has 1 aliphatic carbocycles. The molecule has 1 aliphatic rings. The van der Waals surface area contributed by atoms with Crippen molar-refractivity contribution in [3.8, 4) is 11.5 Å². The van der Waals surface area contributed by atoms with Gasteiger partial charge in [-0.2, -0.15) is 0 Å². The molecule has 2 aromatic rings. The Morgan fingerprint density at radius 2 is 1.68 bits per heavy atom. The van der Waals surface area contributed by atoms with E-state index < -0.39 is 0 Å². The monoisotopic (exact) mass is 253 g/mol. The Morgan fingerprint density at radius 1 is 1.00 bits per heavy atom. The molecule has 0 spiro atoms. The molecule has 0 bridgehead atoms. The summed E-state index contributed by atoms with van der Waals surface area (Å²) in [5, 5.41) is 3.57. The Morgan fingerprint density at radius 3 is 2.42 bits per heavy atom. The fourth-order valence-corrected chi connectivity index (χ4v) is 2.25. The minimum absolute atomic E-state index is 0.514. The molecule has 98 valence electrons. The van der Waals surface area contributed by atoms with Gasteiger partial charge in [0.25, 0.3) is 0 Å². The van der Waals surface area contributed by atoms with Crippen LogP contribution in [0.4, 0.5) is 5.69 Å². The SMILES string of the molecule is CC(Nc1ccccc1Oc1ccccc1)C1CC1. The van der Waals surface area contributed by atoms with E-state index >= 15 is 0 Å². The summed E-state index contributed by atoms with van der Waals surface area (Å²) >= 11 is 0. The summed E-state index contributed by atoms with van der Waals surface area (Å²) in [6, 6.07) is 18.6. The Hall–Kier alpha value is -1.96. The lowest BCUT2D eigenvalue weighted by molar-refractivity contribution is 0.483. The molecule has 0 amide bonds. The van der Waals surface area contributed by atoms with E-state index in [0.29, 0.717) is 6.04 Å². The van der Waals surface area contributed by atoms with Crippen molar-refractivity contribution in [1.82, 2.24) is 0 Å². The minimum Gasteiger partial charge on any atom is -0.455 e. The average Bonchev–Trinajstić information content (AvgIpc) is 3.26. The van der Waals surface area contributed by atoms with Crippen LogP contribution < -0.4 is 10.1 Å². The van der Waals surface area contributed by atoms with E-state index in [1.54, 1.807) is 0 Å². The van der Waals surface area contributed by atoms with Gasteiger partial charge in [0, 0.05) is 6.04 Å². The summed E-state index contributed by atoms with van der Waals surface area (Å²) in [4.78, 5) is 0. The number of ether oxygens (including phenoxy) is 1. The summed E-state index contributed by atoms with van der Waals surface area (Å²) in [5.74, 6) is 2.59. The topological polar surface area (TPSA) is 21.3 Å². The molecular formula is C17H19NO. The van der Waals surface area contributed by atoms with Crippen molar-refractivity contribution < 1.29 is 4.74 Å². The number of para-hydroxylation sites is 3. The molecule has 0 heterocycles. The first-order valence-electron chi connectivity index (χ1n) is 6.91. The Labute approximate surface area is 114 Å². The van der Waals surface area contributed by atoms with Gasteiger partial charge in [-0.25, -0.2) is 0 Å². The number of rotatable bonds is 5. The Bertz CT molecular complexity index is 534. The molecule has 2 aromatic carbocycles. The van der Waals surface area contributed by atoms with Gasteiger partial charge in [0.15, 0.2) is 5.75 Å². The van der Waals surface area contributed by atoms with Gasteiger partial charge in [0.2, 0.25) is 0 Å². The molecule has 0 saturated heterocycles. The highest BCUT2D eigenvalue weighted by molar-refractivity contribution is 5.58. The second kappa shape index (κ2) is 5.35. The molecule has 3 rings (SSSR count). The maximum atomic E-state index is 5.95. The van der Waals surface area contributed by atoms with E-state index in [-0.39, 0.29) is 0 Å². The van der Waals surface area contributed by atoms with Gasteiger partial charge in [0.05, 0.1) is 5.69 Å². The second-order valence-electron chi connectivity index (χ2n) is 5.18. The molecule has 1 atom stereocenters. The summed E-state index contributed by atoms with van der Waals surface area (Å²) in [6.45, 7) is 2.25. The van der Waals surface area contributed by atoms with E-state index in [9.17, 15) is 0 Å². The highest BCUT2D eigenvalue weighted by Crippen LogP contribution is 2.36. The van der Waals surface area contributed by atoms with Gasteiger partial charge in [-0.1, -0.05) is 30.3 Å². The van der Waals surface area contributed by atoms with E-state index in [1.165, 1.54) is 12.8 Å². The summed E-state index contributed by atoms with van der Waals surface area (Å²) in [5.41, 5.74) is 1.07. The number of anilines is 1. The standard InChI is InChI=1S/C17H19NO/c1-13(14-11-12-14)18-16-9-5-6-10-17(16)19-15-7-3-2-4-8-15/h2-10,13-14,18H,11-12H2,1H3. The molecule has 1 saturated carbocycles. The normalized spacial score (nSPS) is 15.8. The molecule has 0 radical (unpaired) electrons. The van der Waals surface area contributed by atoms with E-state index in [0.717, 1.165) is 23.1 Å². The first-order valence-corrected chi connectivity index (χ1v) is 6.91. The molecule has 19 heavy (non-hydrogen) atoms. The van der Waals surface area contributed by atoms with E-state index in [1.807, 2.05) is 48.5 Å². The zero-order chi connectivity index (χ0) is 13.1. The van der Waals surface area contributed by atoms with Gasteiger partial charge in [-0.3, -0.25) is 0 Å². The second-order valence-corrected chi connectivity index (χ2v) is 5.18. The predicted octanol–water partition coefficient (Wildman–Crippen LogP) is 4.69. The molecule has 1 unspecified atom stereocenters. The van der Waals surface area contributed by atoms with Gasteiger partial charge in [-0.05, 0) is 49.9 Å². The van der Waals surface area contributed by atoms with Crippen molar-refractivity contribution in [3.05, 3.63) is 54.6 Å². The predicted molar refractivity (Wildman–Crippen MR) is 78.8 cm³/mol. The first kappa shape index (κ1) is 12.1. The van der Waals surface area contributed by atoms with Crippen molar-refractivity contribution in [2.24, 2.45) is 5.92 Å². The van der Waals surface area contributed by atoms with Crippen LogP contribution >= 0.6 is 0 Å². The third-order valence-electron chi connectivity index (χ3n) is 3.57. The maximum Gasteiger partial charge on any atom is 0.150 e. The summed E-state index contributed by atoms with van der Waals surface area (Å²) in [6.07, 6.45) is 2.69. The van der Waals surface area contributed by atoms with Gasteiger partial charge in [0.1, 0.15) is 5.75 Å². The molecule has 2 heteroatoms. The van der Waals surface area contributed by atoms with Crippen LogP contribution in [0.3, 0.4) is 0 Å². The Kier molecular flexibility index (Phi) is 3.41. The van der Waals surface area contributed by atoms with Crippen molar-refractivity contribution in [2.45, 2.75) is 25.8 Å². The number of hydrogen-bond acceptors (Lipinski definition) is 2. The lowest BCUT2D eigenvalue weighted by atomic mass is 10.2. The van der Waals surface area contributed by atoms with Crippen molar-refractivity contribution in [1.29, 1.82) is 0 Å². The number of hydrogen-bond donors (Lipinski definition) is 1. The van der Waals surface area contributed by atoms with Crippen LogP contribution in [0.1, 0.15) is 19.8 Å². The van der Waals surface area contributed by atoms with Crippen LogP contribution in [0.25, 0.3) is 0 Å². The number of benzene rings is 2. The fraction of sp³-hybridized carbons (Fsp3) is 0.294. The van der Waals surface area contributed by atoms with Gasteiger partial charge >= 0.3 is 0 Å². The highest BCUT2D eigenvalue weighted by atomic mass is 16.5. The van der Waals surface area contributed by atoms with Crippen LogP contribution in [-0.4, -0.2) is 6.04 Å². The highest BCUT2D eigenvalue weighted by Gasteiger charge is 2.28. The lowest BCUT2D eigenvalue weighted by Gasteiger charge is -2.17. The Balaban J connectivity index is 1.76. The van der Waals surface area contributed by atoms with Crippen molar-refractivity contribution >= 4 is 5.69 Å². The molecule has 0 aliphatic heterocycles. The van der Waals surface area contributed by atoms with Crippen LogP contribution in [-0.2, 0) is 0 Å². The van der Waals surface area contributed by atoms with Crippen LogP contribution in [0.15, 0.2) is 54.6 Å². The number of nitrogens with one attached hydrogen (secondary N) is 1. The quantitative estimate of drug-likeness (QED) is 0.834. The van der Waals surface area contributed by atoms with Crippen molar-refractivity contribution in [3.63, 3.8) is 0 Å². The summed E-state index contributed by atoms with van der Waals surface area (Å²) < 4.78 is 5.95. The van der Waals surface area contributed by atoms with Gasteiger partial charge in [-0.15, -0.1) is 0 Å². The molecule has 2 nitrogen and oxygen atoms in total. The zero-order valence-electron chi connectivity index (χ0n) is 11.2. The largest absolute Gasteiger partial charge is 0.455 e. The third-order valence-corrected chi connectivity index (χ3v) is 3.57. The smallest absolute Gasteiger partial charge is 0.150 e. The molecule has 1 fully saturated rings. The molecule has 0 aromatic heterocycles. The van der Waals surface area contributed by atoms with Crippen LogP contribution in [0.5, 0.6) is 11.5 Å². The first-order chi connectivity index (χ1) is 9.33.